The SMILES string of the molecule is CCN(CC[CH2][In]([CH3])[CH2]CCN(C)C(C)C)C(C)C. The standard InChI is InChI=1S/C8H18N.C7H16N.CH3.In/c1-5-7-9(6-2)8(3)4;1-5-6-8(4)7(2)3;;/h8H,1,5-7H2,2-4H3;7H,1,5-6H2,2-4H3;1H3;. The molecule has 3 heteroatoms. The zero-order valence-electron chi connectivity index (χ0n) is 14.6. The predicted octanol–water partition coefficient (Wildman–Crippen LogP) is 3.96. The molecule has 0 aliphatic rings. The fraction of sp³-hybridized carbons (Fsp3) is 1.00. The van der Waals surface area contributed by atoms with Crippen LogP contribution in [-0.4, -0.2) is 70.0 Å². The Hall–Kier alpha value is 0.790. The molecule has 0 aromatic carbocycles. The normalized spacial score (nSPS) is 12.2. The van der Waals surface area contributed by atoms with Gasteiger partial charge >= 0.3 is 130 Å². The van der Waals surface area contributed by atoms with Crippen LogP contribution >= 0.6 is 0 Å². The summed E-state index contributed by atoms with van der Waals surface area (Å²) in [5.74, 6) is 0. The zero-order chi connectivity index (χ0) is 14.8. The van der Waals surface area contributed by atoms with Crippen LogP contribution < -0.4 is 0 Å². The third-order valence-corrected chi connectivity index (χ3v) is 12.3. The molecule has 0 saturated carbocycles. The summed E-state index contributed by atoms with van der Waals surface area (Å²) in [5.41, 5.74) is 0. The van der Waals surface area contributed by atoms with E-state index in [0.29, 0.717) is 6.04 Å². The molecule has 2 nitrogen and oxygen atoms in total. The average molecular weight is 372 g/mol. The second-order valence-corrected chi connectivity index (χ2v) is 16.3. The molecule has 0 aromatic rings. The summed E-state index contributed by atoms with van der Waals surface area (Å²) in [4.78, 5) is 5.08. The van der Waals surface area contributed by atoms with Crippen LogP contribution in [0.5, 0.6) is 0 Å². The molecule has 0 heterocycles. The maximum atomic E-state index is 2.63. The van der Waals surface area contributed by atoms with Gasteiger partial charge in [-0.05, 0) is 0 Å². The molecule has 0 fully saturated rings. The Morgan fingerprint density at radius 3 is 1.84 bits per heavy atom. The first kappa shape index (κ1) is 19.8. The Kier molecular flexibility index (Phi) is 11.9. The van der Waals surface area contributed by atoms with E-state index in [9.17, 15) is 0 Å². The van der Waals surface area contributed by atoms with E-state index in [2.05, 4.69) is 56.1 Å². The Morgan fingerprint density at radius 1 is 0.895 bits per heavy atom. The summed E-state index contributed by atoms with van der Waals surface area (Å²) in [6.07, 6.45) is 2.89. The number of hydrogen-bond acceptors (Lipinski definition) is 2. The topological polar surface area (TPSA) is 6.48 Å². The van der Waals surface area contributed by atoms with Gasteiger partial charge in [-0.25, -0.2) is 0 Å². The van der Waals surface area contributed by atoms with E-state index in [1.807, 2.05) is 0 Å². The quantitative estimate of drug-likeness (QED) is 0.542. The van der Waals surface area contributed by atoms with Crippen LogP contribution in [0.25, 0.3) is 0 Å². The molecule has 0 bridgehead atoms. The maximum absolute atomic E-state index is 2.63. The number of rotatable bonds is 11. The van der Waals surface area contributed by atoms with Crippen molar-refractivity contribution < 1.29 is 0 Å². The van der Waals surface area contributed by atoms with Gasteiger partial charge in [-0.15, -0.1) is 0 Å². The molecule has 0 atom stereocenters. The van der Waals surface area contributed by atoms with E-state index >= 15 is 0 Å². The van der Waals surface area contributed by atoms with Gasteiger partial charge in [0.05, 0.1) is 0 Å². The van der Waals surface area contributed by atoms with Gasteiger partial charge in [0.2, 0.25) is 0 Å². The number of nitrogens with zero attached hydrogens (tertiary/aromatic N) is 2. The first-order valence-corrected chi connectivity index (χ1v) is 16.3. The molecular formula is C16H37InN2. The van der Waals surface area contributed by atoms with Crippen molar-refractivity contribution in [3.63, 3.8) is 0 Å². The van der Waals surface area contributed by atoms with Crippen LogP contribution in [-0.2, 0) is 0 Å². The molecule has 0 unspecified atom stereocenters. The molecule has 0 rings (SSSR count). The van der Waals surface area contributed by atoms with Crippen LogP contribution in [0.2, 0.25) is 13.0 Å². The van der Waals surface area contributed by atoms with Crippen LogP contribution in [0.4, 0.5) is 0 Å². The molecule has 0 aromatic heterocycles. The monoisotopic (exact) mass is 372 g/mol. The van der Waals surface area contributed by atoms with Crippen molar-refractivity contribution in [3.05, 3.63) is 0 Å². The van der Waals surface area contributed by atoms with Gasteiger partial charge in [0.1, 0.15) is 0 Å². The van der Waals surface area contributed by atoms with E-state index in [4.69, 9.17) is 0 Å². The average Bonchev–Trinajstić information content (AvgIpc) is 2.33. The van der Waals surface area contributed by atoms with Gasteiger partial charge in [-0.3, -0.25) is 0 Å². The zero-order valence-corrected chi connectivity index (χ0v) is 17.9. The minimum absolute atomic E-state index is 0.703. The third-order valence-electron chi connectivity index (χ3n) is 4.37. The summed E-state index contributed by atoms with van der Waals surface area (Å²) in [6, 6.07) is 1.42. The summed E-state index contributed by atoms with van der Waals surface area (Å²) in [6.45, 7) is 15.3. The molecule has 0 N–H and O–H groups in total. The molecule has 0 aliphatic carbocycles. The van der Waals surface area contributed by atoms with Gasteiger partial charge < -0.3 is 0 Å². The van der Waals surface area contributed by atoms with Gasteiger partial charge in [0, 0.05) is 0 Å². The molecule has 0 aliphatic heterocycles. The van der Waals surface area contributed by atoms with Crippen LogP contribution in [0.3, 0.4) is 0 Å². The second kappa shape index (κ2) is 11.4. The van der Waals surface area contributed by atoms with Crippen molar-refractivity contribution in [2.75, 3.05) is 26.7 Å². The molecule has 0 spiro atoms. The first-order chi connectivity index (χ1) is 8.88. The number of hydrogen-bond donors (Lipinski definition) is 0. The molecule has 0 amide bonds. The van der Waals surface area contributed by atoms with Crippen molar-refractivity contribution in [1.82, 2.24) is 9.80 Å². The Balaban J connectivity index is 3.62. The molecule has 19 heavy (non-hydrogen) atoms. The van der Waals surface area contributed by atoms with Gasteiger partial charge in [0.25, 0.3) is 0 Å². The summed E-state index contributed by atoms with van der Waals surface area (Å²) < 4.78 is 5.81. The van der Waals surface area contributed by atoms with Crippen molar-refractivity contribution in [2.45, 2.75) is 72.6 Å². The predicted molar refractivity (Wildman–Crippen MR) is 90.6 cm³/mol. The first-order valence-electron chi connectivity index (χ1n) is 8.32. The van der Waals surface area contributed by atoms with Crippen LogP contribution in [0, 0.1) is 0 Å². The van der Waals surface area contributed by atoms with Gasteiger partial charge in [-0.1, -0.05) is 0 Å². The Morgan fingerprint density at radius 2 is 1.42 bits per heavy atom. The summed E-state index contributed by atoms with van der Waals surface area (Å²) >= 11 is -1.13. The van der Waals surface area contributed by atoms with Crippen molar-refractivity contribution in [3.8, 4) is 0 Å². The van der Waals surface area contributed by atoms with E-state index < -0.39 is 21.4 Å². The summed E-state index contributed by atoms with van der Waals surface area (Å²) in [7, 11) is 2.26. The van der Waals surface area contributed by atoms with E-state index in [0.717, 1.165) is 6.04 Å². The Bertz CT molecular complexity index is 207. The minimum atomic E-state index is -1.13. The molecule has 114 valence electrons. The molecule has 0 saturated heterocycles. The van der Waals surface area contributed by atoms with E-state index in [-0.39, 0.29) is 0 Å². The molecular weight excluding hydrogens is 335 g/mol. The fourth-order valence-electron chi connectivity index (χ4n) is 2.52. The van der Waals surface area contributed by atoms with Crippen molar-refractivity contribution >= 4 is 21.4 Å². The van der Waals surface area contributed by atoms with Crippen molar-refractivity contribution in [1.29, 1.82) is 0 Å². The Labute approximate surface area is 130 Å². The van der Waals surface area contributed by atoms with E-state index in [1.54, 1.807) is 8.35 Å². The fourth-order valence-corrected chi connectivity index (χ4v) is 8.36. The molecule has 0 radical (unpaired) electrons. The van der Waals surface area contributed by atoms with Crippen molar-refractivity contribution in [2.24, 2.45) is 0 Å². The van der Waals surface area contributed by atoms with Gasteiger partial charge in [0.15, 0.2) is 0 Å². The van der Waals surface area contributed by atoms with Crippen LogP contribution in [0.1, 0.15) is 47.5 Å². The second-order valence-electron chi connectivity index (χ2n) is 6.69. The van der Waals surface area contributed by atoms with E-state index in [1.165, 1.54) is 32.5 Å². The van der Waals surface area contributed by atoms with Gasteiger partial charge in [-0.2, -0.15) is 0 Å². The van der Waals surface area contributed by atoms with Crippen LogP contribution in [0.15, 0.2) is 0 Å². The summed E-state index contributed by atoms with van der Waals surface area (Å²) in [5, 5.41) is 0. The third kappa shape index (κ3) is 10.2.